The summed E-state index contributed by atoms with van der Waals surface area (Å²) in [6, 6.07) is 4.18. The Morgan fingerprint density at radius 1 is 1.54 bits per heavy atom. The first kappa shape index (κ1) is 8.52. The van der Waals surface area contributed by atoms with Crippen LogP contribution in [0.1, 0.15) is 5.56 Å². The number of fused-ring (bicyclic) bond motifs is 1. The normalized spacial score (nSPS) is 10.7. The Labute approximate surface area is 83.2 Å². The Hall–Kier alpha value is -1.07. The zero-order valence-corrected chi connectivity index (χ0v) is 8.55. The first-order valence-electron chi connectivity index (χ1n) is 3.74. The lowest BCUT2D eigenvalue weighted by Gasteiger charge is -1.93. The maximum Gasteiger partial charge on any atom is 0.310 e. The summed E-state index contributed by atoms with van der Waals surface area (Å²) in [6.07, 6.45) is 0. The molecule has 0 saturated heterocycles. The van der Waals surface area contributed by atoms with Gasteiger partial charge in [0.05, 0.1) is 0 Å². The van der Waals surface area contributed by atoms with Crippen LogP contribution in [0.5, 0.6) is 0 Å². The van der Waals surface area contributed by atoms with Gasteiger partial charge in [-0.05, 0) is 24.6 Å². The number of nitrogens with two attached hydrogens (primary N) is 1. The second kappa shape index (κ2) is 3.01. The lowest BCUT2D eigenvalue weighted by atomic mass is 10.2. The zero-order chi connectivity index (χ0) is 9.42. The molecule has 0 spiro atoms. The molecular formula is C8H8BrN3O. The van der Waals surface area contributed by atoms with E-state index in [9.17, 15) is 0 Å². The third kappa shape index (κ3) is 1.40. The topological polar surface area (TPSA) is 64.1 Å². The maximum absolute atomic E-state index is 5.33. The Bertz CT molecular complexity index is 452. The van der Waals surface area contributed by atoms with E-state index in [0.29, 0.717) is 6.01 Å². The van der Waals surface area contributed by atoms with Crippen molar-refractivity contribution in [1.29, 1.82) is 0 Å². The van der Waals surface area contributed by atoms with E-state index in [-0.39, 0.29) is 0 Å². The lowest BCUT2D eigenvalue weighted by Crippen LogP contribution is -2.06. The molecule has 68 valence electrons. The number of anilines is 1. The zero-order valence-electron chi connectivity index (χ0n) is 6.97. The van der Waals surface area contributed by atoms with E-state index in [0.717, 1.165) is 21.1 Å². The van der Waals surface area contributed by atoms with Crippen molar-refractivity contribution in [2.75, 3.05) is 5.43 Å². The third-order valence-electron chi connectivity index (χ3n) is 1.76. The van der Waals surface area contributed by atoms with Crippen LogP contribution in [0.15, 0.2) is 21.0 Å². The van der Waals surface area contributed by atoms with Gasteiger partial charge in [0, 0.05) is 4.47 Å². The van der Waals surface area contributed by atoms with Crippen molar-refractivity contribution in [3.8, 4) is 0 Å². The average molecular weight is 242 g/mol. The van der Waals surface area contributed by atoms with Gasteiger partial charge in [0.1, 0.15) is 5.52 Å². The van der Waals surface area contributed by atoms with Crippen LogP contribution in [-0.4, -0.2) is 4.98 Å². The third-order valence-corrected chi connectivity index (χ3v) is 2.22. The largest absolute Gasteiger partial charge is 0.422 e. The van der Waals surface area contributed by atoms with Gasteiger partial charge >= 0.3 is 6.01 Å². The fourth-order valence-electron chi connectivity index (χ4n) is 1.22. The number of hydrogen-bond donors (Lipinski definition) is 2. The highest BCUT2D eigenvalue weighted by Crippen LogP contribution is 2.25. The van der Waals surface area contributed by atoms with Crippen molar-refractivity contribution in [2.45, 2.75) is 6.92 Å². The quantitative estimate of drug-likeness (QED) is 0.594. The molecule has 2 aromatic rings. The standard InChI is InChI=1S/C8H8BrN3O/c1-4-2-5(9)3-6-7(4)13-8(11-6)12-10/h2-3H,10H2,1H3,(H,11,12). The number of rotatable bonds is 1. The van der Waals surface area contributed by atoms with E-state index in [4.69, 9.17) is 10.3 Å². The molecule has 0 aliphatic rings. The van der Waals surface area contributed by atoms with Crippen molar-refractivity contribution in [3.05, 3.63) is 22.2 Å². The Morgan fingerprint density at radius 2 is 2.31 bits per heavy atom. The van der Waals surface area contributed by atoms with E-state index in [1.54, 1.807) is 0 Å². The second-order valence-corrected chi connectivity index (χ2v) is 3.65. The van der Waals surface area contributed by atoms with Crippen LogP contribution in [-0.2, 0) is 0 Å². The van der Waals surface area contributed by atoms with Gasteiger partial charge in [-0.2, -0.15) is 4.98 Å². The van der Waals surface area contributed by atoms with E-state index in [2.05, 4.69) is 26.3 Å². The summed E-state index contributed by atoms with van der Waals surface area (Å²) in [7, 11) is 0. The van der Waals surface area contributed by atoms with E-state index in [1.165, 1.54) is 0 Å². The van der Waals surface area contributed by atoms with Crippen LogP contribution in [0.2, 0.25) is 0 Å². The molecule has 1 heterocycles. The molecule has 0 aliphatic carbocycles. The van der Waals surface area contributed by atoms with E-state index >= 15 is 0 Å². The molecule has 13 heavy (non-hydrogen) atoms. The van der Waals surface area contributed by atoms with Crippen molar-refractivity contribution in [2.24, 2.45) is 5.84 Å². The maximum atomic E-state index is 5.33. The monoisotopic (exact) mass is 241 g/mol. The van der Waals surface area contributed by atoms with Gasteiger partial charge in [0.25, 0.3) is 0 Å². The van der Waals surface area contributed by atoms with Gasteiger partial charge < -0.3 is 4.42 Å². The van der Waals surface area contributed by atoms with Crippen LogP contribution in [0.25, 0.3) is 11.1 Å². The Balaban J connectivity index is 2.75. The van der Waals surface area contributed by atoms with Crippen molar-refractivity contribution in [1.82, 2.24) is 4.98 Å². The first-order valence-corrected chi connectivity index (χ1v) is 4.53. The molecule has 4 nitrogen and oxygen atoms in total. The van der Waals surface area contributed by atoms with E-state index in [1.807, 2.05) is 19.1 Å². The molecule has 0 radical (unpaired) electrons. The Morgan fingerprint density at radius 3 is 3.00 bits per heavy atom. The summed E-state index contributed by atoms with van der Waals surface area (Å²) < 4.78 is 6.32. The van der Waals surface area contributed by atoms with Crippen LogP contribution in [0, 0.1) is 6.92 Å². The molecule has 3 N–H and O–H groups in total. The number of oxazole rings is 1. The lowest BCUT2D eigenvalue weighted by molar-refractivity contribution is 0.614. The van der Waals surface area contributed by atoms with Gasteiger partial charge in [-0.1, -0.05) is 15.9 Å². The van der Waals surface area contributed by atoms with Gasteiger partial charge in [-0.3, -0.25) is 5.43 Å². The Kier molecular flexibility index (Phi) is 1.97. The molecule has 1 aromatic carbocycles. The second-order valence-electron chi connectivity index (χ2n) is 2.73. The van der Waals surface area contributed by atoms with E-state index < -0.39 is 0 Å². The van der Waals surface area contributed by atoms with Crippen LogP contribution in [0.3, 0.4) is 0 Å². The van der Waals surface area contributed by atoms with Gasteiger partial charge in [0.2, 0.25) is 0 Å². The number of nitrogens with one attached hydrogen (secondary N) is 1. The molecule has 5 heteroatoms. The summed E-state index contributed by atoms with van der Waals surface area (Å²) in [6.45, 7) is 1.96. The molecule has 0 amide bonds. The van der Waals surface area contributed by atoms with Gasteiger partial charge in [-0.15, -0.1) is 0 Å². The highest BCUT2D eigenvalue weighted by molar-refractivity contribution is 9.10. The molecule has 1 aromatic heterocycles. The average Bonchev–Trinajstić information content (AvgIpc) is 2.47. The number of nitrogens with zero attached hydrogens (tertiary/aromatic N) is 1. The number of nitrogen functional groups attached to an aromatic ring is 1. The van der Waals surface area contributed by atoms with Crippen molar-refractivity contribution >= 4 is 33.0 Å². The number of halogens is 1. The summed E-state index contributed by atoms with van der Waals surface area (Å²) >= 11 is 3.38. The van der Waals surface area contributed by atoms with Crippen LogP contribution < -0.4 is 11.3 Å². The molecule has 0 fully saturated rings. The van der Waals surface area contributed by atoms with Crippen LogP contribution in [0.4, 0.5) is 6.01 Å². The minimum absolute atomic E-state index is 0.330. The predicted octanol–water partition coefficient (Wildman–Crippen LogP) is 2.18. The number of aromatic nitrogens is 1. The van der Waals surface area contributed by atoms with Crippen molar-refractivity contribution in [3.63, 3.8) is 0 Å². The molecule has 0 atom stereocenters. The minimum atomic E-state index is 0.330. The summed E-state index contributed by atoms with van der Waals surface area (Å²) in [5.74, 6) is 5.18. The number of hydrogen-bond acceptors (Lipinski definition) is 4. The molecule has 0 saturated carbocycles. The minimum Gasteiger partial charge on any atom is -0.422 e. The molecule has 0 aliphatic heterocycles. The number of aryl methyl sites for hydroxylation is 1. The number of benzene rings is 1. The summed E-state index contributed by atoms with van der Waals surface area (Å²) in [5.41, 5.74) is 4.95. The molecule has 0 bridgehead atoms. The summed E-state index contributed by atoms with van der Waals surface area (Å²) in [5, 5.41) is 0. The molecular weight excluding hydrogens is 234 g/mol. The number of hydrazine groups is 1. The fourth-order valence-corrected chi connectivity index (χ4v) is 1.78. The highest BCUT2D eigenvalue weighted by atomic mass is 79.9. The fraction of sp³-hybridized carbons (Fsp3) is 0.125. The van der Waals surface area contributed by atoms with Crippen LogP contribution >= 0.6 is 15.9 Å². The molecule has 0 unspecified atom stereocenters. The predicted molar refractivity (Wildman–Crippen MR) is 54.3 cm³/mol. The highest BCUT2D eigenvalue weighted by Gasteiger charge is 2.07. The SMILES string of the molecule is Cc1cc(Br)cc2nc(NN)oc12. The summed E-state index contributed by atoms with van der Waals surface area (Å²) in [4.78, 5) is 4.12. The van der Waals surface area contributed by atoms with Gasteiger partial charge in [0.15, 0.2) is 5.58 Å². The smallest absolute Gasteiger partial charge is 0.310 e. The molecule has 2 rings (SSSR count). The van der Waals surface area contributed by atoms with Gasteiger partial charge in [-0.25, -0.2) is 5.84 Å². The first-order chi connectivity index (χ1) is 6.20. The van der Waals surface area contributed by atoms with Crippen molar-refractivity contribution < 1.29 is 4.42 Å².